The summed E-state index contributed by atoms with van der Waals surface area (Å²) in [5.74, 6) is -0.476. The van der Waals surface area contributed by atoms with Gasteiger partial charge in [-0.05, 0) is 25.1 Å². The van der Waals surface area contributed by atoms with Crippen molar-refractivity contribution in [3.8, 4) is 6.07 Å². The summed E-state index contributed by atoms with van der Waals surface area (Å²) in [6.45, 7) is 4.06. The van der Waals surface area contributed by atoms with Crippen molar-refractivity contribution in [3.63, 3.8) is 0 Å². The SMILES string of the molecule is CCN(CCOC)c1ccc(C#N)c(F)c1. The minimum Gasteiger partial charge on any atom is -0.383 e. The van der Waals surface area contributed by atoms with E-state index < -0.39 is 5.82 Å². The zero-order valence-corrected chi connectivity index (χ0v) is 9.53. The number of hydrogen-bond donors (Lipinski definition) is 0. The van der Waals surface area contributed by atoms with Crippen molar-refractivity contribution < 1.29 is 9.13 Å². The van der Waals surface area contributed by atoms with Crippen molar-refractivity contribution in [1.82, 2.24) is 0 Å². The lowest BCUT2D eigenvalue weighted by atomic mass is 10.2. The molecular formula is C12H15FN2O. The Morgan fingerprint density at radius 1 is 1.50 bits per heavy atom. The van der Waals surface area contributed by atoms with Crippen molar-refractivity contribution in [2.75, 3.05) is 31.7 Å². The fraction of sp³-hybridized carbons (Fsp3) is 0.417. The molecule has 1 aromatic rings. The molecule has 0 aromatic heterocycles. The summed E-state index contributed by atoms with van der Waals surface area (Å²) in [4.78, 5) is 1.99. The number of nitriles is 1. The van der Waals surface area contributed by atoms with E-state index in [1.807, 2.05) is 11.8 Å². The van der Waals surface area contributed by atoms with Crippen molar-refractivity contribution >= 4 is 5.69 Å². The summed E-state index contributed by atoms with van der Waals surface area (Å²) in [7, 11) is 1.63. The van der Waals surface area contributed by atoms with E-state index in [-0.39, 0.29) is 5.56 Å². The lowest BCUT2D eigenvalue weighted by molar-refractivity contribution is 0.205. The molecule has 4 heteroatoms. The van der Waals surface area contributed by atoms with E-state index in [0.717, 1.165) is 12.2 Å². The third-order valence-electron chi connectivity index (χ3n) is 2.39. The molecule has 0 saturated carbocycles. The third-order valence-corrected chi connectivity index (χ3v) is 2.39. The minimum atomic E-state index is -0.476. The molecule has 0 amide bonds. The van der Waals surface area contributed by atoms with Crippen LogP contribution in [0.4, 0.5) is 10.1 Å². The van der Waals surface area contributed by atoms with Crippen LogP contribution in [0.25, 0.3) is 0 Å². The normalized spacial score (nSPS) is 9.88. The van der Waals surface area contributed by atoms with Gasteiger partial charge in [-0.25, -0.2) is 4.39 Å². The maximum atomic E-state index is 13.4. The molecule has 0 spiro atoms. The average Bonchev–Trinajstić information content (AvgIpc) is 2.30. The molecule has 1 rings (SSSR count). The number of halogens is 1. The van der Waals surface area contributed by atoms with Crippen LogP contribution in [0.5, 0.6) is 0 Å². The fourth-order valence-electron chi connectivity index (χ4n) is 1.46. The van der Waals surface area contributed by atoms with Crippen LogP contribution in [0.15, 0.2) is 18.2 Å². The van der Waals surface area contributed by atoms with Gasteiger partial charge in [0.05, 0.1) is 12.2 Å². The standard InChI is InChI=1S/C12H15FN2O/c1-3-15(6-7-16-2)11-5-4-10(9-14)12(13)8-11/h4-5,8H,3,6-7H2,1-2H3. The topological polar surface area (TPSA) is 36.3 Å². The number of nitrogens with zero attached hydrogens (tertiary/aromatic N) is 2. The molecule has 0 saturated heterocycles. The first-order chi connectivity index (χ1) is 7.72. The van der Waals surface area contributed by atoms with Gasteiger partial charge in [0.25, 0.3) is 0 Å². The Kier molecular flexibility index (Phi) is 4.74. The van der Waals surface area contributed by atoms with Crippen molar-refractivity contribution in [1.29, 1.82) is 5.26 Å². The van der Waals surface area contributed by atoms with Crippen LogP contribution in [0.1, 0.15) is 12.5 Å². The van der Waals surface area contributed by atoms with Crippen LogP contribution >= 0.6 is 0 Å². The van der Waals surface area contributed by atoms with Gasteiger partial charge in [0.15, 0.2) is 0 Å². The molecule has 0 radical (unpaired) electrons. The molecule has 0 N–H and O–H groups in total. The Labute approximate surface area is 95.1 Å². The van der Waals surface area contributed by atoms with E-state index >= 15 is 0 Å². The highest BCUT2D eigenvalue weighted by Crippen LogP contribution is 2.17. The van der Waals surface area contributed by atoms with Gasteiger partial charge in [-0.2, -0.15) is 5.26 Å². The summed E-state index contributed by atoms with van der Waals surface area (Å²) in [5, 5.41) is 8.62. The van der Waals surface area contributed by atoms with Gasteiger partial charge in [-0.1, -0.05) is 0 Å². The van der Waals surface area contributed by atoms with Crippen LogP contribution in [0.3, 0.4) is 0 Å². The van der Waals surface area contributed by atoms with Crippen molar-refractivity contribution in [3.05, 3.63) is 29.6 Å². The predicted octanol–water partition coefficient (Wildman–Crippen LogP) is 2.17. The Balaban J connectivity index is 2.86. The molecule has 3 nitrogen and oxygen atoms in total. The number of anilines is 1. The fourth-order valence-corrected chi connectivity index (χ4v) is 1.46. The Morgan fingerprint density at radius 3 is 2.75 bits per heavy atom. The summed E-state index contributed by atoms with van der Waals surface area (Å²) < 4.78 is 18.4. The maximum absolute atomic E-state index is 13.4. The first kappa shape index (κ1) is 12.5. The van der Waals surface area contributed by atoms with Gasteiger partial charge >= 0.3 is 0 Å². The highest BCUT2D eigenvalue weighted by atomic mass is 19.1. The largest absolute Gasteiger partial charge is 0.383 e. The zero-order chi connectivity index (χ0) is 12.0. The number of likely N-dealkylation sites (N-methyl/N-ethyl adjacent to an activating group) is 1. The number of hydrogen-bond acceptors (Lipinski definition) is 3. The van der Waals surface area contributed by atoms with Crippen molar-refractivity contribution in [2.24, 2.45) is 0 Å². The van der Waals surface area contributed by atoms with E-state index in [1.54, 1.807) is 19.2 Å². The molecule has 0 fully saturated rings. The Morgan fingerprint density at radius 2 is 2.25 bits per heavy atom. The van der Waals surface area contributed by atoms with Gasteiger partial charge < -0.3 is 9.64 Å². The van der Waals surface area contributed by atoms with Crippen LogP contribution in [-0.4, -0.2) is 26.8 Å². The minimum absolute atomic E-state index is 0.0755. The lowest BCUT2D eigenvalue weighted by Crippen LogP contribution is -2.26. The van der Waals surface area contributed by atoms with E-state index in [2.05, 4.69) is 0 Å². The van der Waals surface area contributed by atoms with Crippen LogP contribution < -0.4 is 4.90 Å². The third kappa shape index (κ3) is 2.94. The van der Waals surface area contributed by atoms with Crippen LogP contribution in [0, 0.1) is 17.1 Å². The molecule has 1 aromatic carbocycles. The van der Waals surface area contributed by atoms with E-state index in [4.69, 9.17) is 10.00 Å². The van der Waals surface area contributed by atoms with Gasteiger partial charge in [0, 0.05) is 25.9 Å². The first-order valence-corrected chi connectivity index (χ1v) is 5.16. The van der Waals surface area contributed by atoms with Crippen molar-refractivity contribution in [2.45, 2.75) is 6.92 Å². The monoisotopic (exact) mass is 222 g/mol. The number of ether oxygens (including phenoxy) is 1. The Bertz CT molecular complexity index is 387. The van der Waals surface area contributed by atoms with Gasteiger partial charge in [0.1, 0.15) is 11.9 Å². The molecule has 0 atom stereocenters. The molecule has 0 aliphatic rings. The van der Waals surface area contributed by atoms with Crippen LogP contribution in [-0.2, 0) is 4.74 Å². The molecular weight excluding hydrogens is 207 g/mol. The molecule has 0 bridgehead atoms. The van der Waals surface area contributed by atoms with E-state index in [9.17, 15) is 4.39 Å². The smallest absolute Gasteiger partial charge is 0.143 e. The highest BCUT2D eigenvalue weighted by molar-refractivity contribution is 5.50. The summed E-state index contributed by atoms with van der Waals surface area (Å²) in [6, 6.07) is 6.44. The van der Waals surface area contributed by atoms with Gasteiger partial charge in [-0.3, -0.25) is 0 Å². The molecule has 0 aliphatic carbocycles. The van der Waals surface area contributed by atoms with Crippen LogP contribution in [0.2, 0.25) is 0 Å². The van der Waals surface area contributed by atoms with Gasteiger partial charge in [0.2, 0.25) is 0 Å². The maximum Gasteiger partial charge on any atom is 0.143 e. The van der Waals surface area contributed by atoms with E-state index in [0.29, 0.717) is 13.2 Å². The second kappa shape index (κ2) is 6.09. The number of benzene rings is 1. The summed E-state index contributed by atoms with van der Waals surface area (Å²) in [6.07, 6.45) is 0. The number of rotatable bonds is 5. The summed E-state index contributed by atoms with van der Waals surface area (Å²) >= 11 is 0. The highest BCUT2D eigenvalue weighted by Gasteiger charge is 2.07. The second-order valence-corrected chi connectivity index (χ2v) is 3.35. The average molecular weight is 222 g/mol. The second-order valence-electron chi connectivity index (χ2n) is 3.35. The molecule has 0 aliphatic heterocycles. The summed E-state index contributed by atoms with van der Waals surface area (Å²) in [5.41, 5.74) is 0.850. The van der Waals surface area contributed by atoms with E-state index in [1.165, 1.54) is 12.1 Å². The first-order valence-electron chi connectivity index (χ1n) is 5.16. The van der Waals surface area contributed by atoms with Gasteiger partial charge in [-0.15, -0.1) is 0 Å². The molecule has 0 heterocycles. The lowest BCUT2D eigenvalue weighted by Gasteiger charge is -2.22. The zero-order valence-electron chi connectivity index (χ0n) is 9.53. The molecule has 0 unspecified atom stereocenters. The molecule has 16 heavy (non-hydrogen) atoms. The molecule has 86 valence electrons. The Hall–Kier alpha value is -1.60. The number of methoxy groups -OCH3 is 1. The quantitative estimate of drug-likeness (QED) is 0.766. The predicted molar refractivity (Wildman–Crippen MR) is 60.9 cm³/mol.